The second kappa shape index (κ2) is 12.5. The van der Waals surface area contributed by atoms with Gasteiger partial charge in [0.1, 0.15) is 0 Å². The summed E-state index contributed by atoms with van der Waals surface area (Å²) in [4.78, 5) is 21.0. The number of halogens is 2. The van der Waals surface area contributed by atoms with Crippen LogP contribution in [0.25, 0.3) is 11.3 Å². The van der Waals surface area contributed by atoms with Crippen molar-refractivity contribution in [3.63, 3.8) is 0 Å². The van der Waals surface area contributed by atoms with E-state index >= 15 is 0 Å². The Balaban J connectivity index is 0.00000342. The Morgan fingerprint density at radius 3 is 2.43 bits per heavy atom. The molecule has 3 aromatic rings. The van der Waals surface area contributed by atoms with Crippen molar-refractivity contribution in [2.75, 3.05) is 44.2 Å². The van der Waals surface area contributed by atoms with Gasteiger partial charge in [-0.3, -0.25) is 9.69 Å². The number of H-pyrrole nitrogens is 1. The third-order valence-corrected chi connectivity index (χ3v) is 7.14. The van der Waals surface area contributed by atoms with Crippen LogP contribution in [0.2, 0.25) is 5.02 Å². The molecule has 1 saturated heterocycles. The molecule has 1 fully saturated rings. The van der Waals surface area contributed by atoms with Gasteiger partial charge in [-0.05, 0) is 81.1 Å². The number of anilines is 1. The molecule has 1 aliphatic rings. The molecule has 1 amide bonds. The van der Waals surface area contributed by atoms with Crippen molar-refractivity contribution in [3.05, 3.63) is 75.9 Å². The molecule has 0 unspecified atom stereocenters. The number of carbonyl (C=O) groups is 1. The van der Waals surface area contributed by atoms with Crippen LogP contribution in [0.1, 0.15) is 40.0 Å². The number of hydrogen-bond donors (Lipinski definition) is 2. The third kappa shape index (κ3) is 6.81. The van der Waals surface area contributed by atoms with Crippen molar-refractivity contribution in [3.8, 4) is 11.3 Å². The number of hydrogen-bond acceptors (Lipinski definition) is 3. The predicted molar refractivity (Wildman–Crippen MR) is 149 cm³/mol. The van der Waals surface area contributed by atoms with Crippen LogP contribution in [0.4, 0.5) is 5.69 Å². The van der Waals surface area contributed by atoms with E-state index in [0.717, 1.165) is 62.5 Å². The summed E-state index contributed by atoms with van der Waals surface area (Å²) in [5.41, 5.74) is 7.66. The number of benzene rings is 2. The molecular weight excluding hydrogens is 479 g/mol. The summed E-state index contributed by atoms with van der Waals surface area (Å²) in [7, 11) is 0. The van der Waals surface area contributed by atoms with Gasteiger partial charge in [-0.2, -0.15) is 0 Å². The molecular formula is C28H36Cl2N4O. The normalized spacial score (nSPS) is 14.0. The van der Waals surface area contributed by atoms with Gasteiger partial charge in [-0.25, -0.2) is 0 Å². The lowest BCUT2D eigenvalue weighted by Crippen LogP contribution is -2.47. The number of amides is 1. The minimum atomic E-state index is -0.0175. The average Bonchev–Trinajstić information content (AvgIpc) is 3.23. The third-order valence-electron chi connectivity index (χ3n) is 6.89. The van der Waals surface area contributed by atoms with E-state index in [-0.39, 0.29) is 18.3 Å². The van der Waals surface area contributed by atoms with Gasteiger partial charge in [0.15, 0.2) is 0 Å². The van der Waals surface area contributed by atoms with Crippen LogP contribution < -0.4 is 10.2 Å². The second-order valence-corrected chi connectivity index (χ2v) is 9.68. The Kier molecular flexibility index (Phi) is 9.67. The minimum Gasteiger partial charge on any atom is -0.369 e. The van der Waals surface area contributed by atoms with Crippen LogP contribution in [0.3, 0.4) is 0 Å². The highest BCUT2D eigenvalue weighted by Crippen LogP contribution is 2.25. The topological polar surface area (TPSA) is 51.4 Å². The molecule has 2 aromatic carbocycles. The molecule has 0 aliphatic carbocycles. The van der Waals surface area contributed by atoms with Crippen molar-refractivity contribution in [2.24, 2.45) is 0 Å². The molecule has 2 N–H and O–H groups in total. The number of aromatic amines is 1. The van der Waals surface area contributed by atoms with Crippen LogP contribution in [0.15, 0.2) is 48.5 Å². The highest BCUT2D eigenvalue weighted by atomic mass is 35.5. The fraction of sp³-hybridized carbons (Fsp3) is 0.393. The molecule has 188 valence electrons. The average molecular weight is 516 g/mol. The van der Waals surface area contributed by atoms with E-state index in [2.05, 4.69) is 52.1 Å². The van der Waals surface area contributed by atoms with Crippen LogP contribution in [0.5, 0.6) is 0 Å². The minimum absolute atomic E-state index is 0. The SMILES string of the molecule is Cc1cccc(N2CCN(CCCCNC(=O)c3cc(-c4ccc(Cl)cc4)[nH]c3C)CC2)c1C.Cl. The van der Waals surface area contributed by atoms with E-state index in [4.69, 9.17) is 11.6 Å². The zero-order valence-electron chi connectivity index (χ0n) is 20.9. The van der Waals surface area contributed by atoms with Gasteiger partial charge < -0.3 is 15.2 Å². The first-order valence-corrected chi connectivity index (χ1v) is 12.6. The Bertz CT molecular complexity index is 1120. The van der Waals surface area contributed by atoms with E-state index in [9.17, 15) is 4.79 Å². The van der Waals surface area contributed by atoms with Crippen molar-refractivity contribution in [2.45, 2.75) is 33.6 Å². The summed E-state index contributed by atoms with van der Waals surface area (Å²) >= 11 is 5.98. The zero-order chi connectivity index (χ0) is 24.1. The maximum atomic E-state index is 12.7. The highest BCUT2D eigenvalue weighted by molar-refractivity contribution is 6.30. The molecule has 0 spiro atoms. The van der Waals surface area contributed by atoms with E-state index < -0.39 is 0 Å². The second-order valence-electron chi connectivity index (χ2n) is 9.24. The number of piperazine rings is 1. The van der Waals surface area contributed by atoms with Gasteiger partial charge >= 0.3 is 0 Å². The van der Waals surface area contributed by atoms with Crippen molar-refractivity contribution in [1.29, 1.82) is 0 Å². The van der Waals surface area contributed by atoms with Gasteiger partial charge in [0.05, 0.1) is 5.56 Å². The Morgan fingerprint density at radius 1 is 1.00 bits per heavy atom. The van der Waals surface area contributed by atoms with Gasteiger partial charge in [0.25, 0.3) is 5.91 Å². The monoisotopic (exact) mass is 514 g/mol. The maximum Gasteiger partial charge on any atom is 0.253 e. The summed E-state index contributed by atoms with van der Waals surface area (Å²) in [5, 5.41) is 3.79. The number of carbonyl (C=O) groups excluding carboxylic acids is 1. The van der Waals surface area contributed by atoms with E-state index in [1.54, 1.807) is 0 Å². The van der Waals surface area contributed by atoms with E-state index in [0.29, 0.717) is 17.1 Å². The molecule has 0 saturated carbocycles. The summed E-state index contributed by atoms with van der Waals surface area (Å²) in [6.07, 6.45) is 2.07. The Hall–Kier alpha value is -2.47. The summed E-state index contributed by atoms with van der Waals surface area (Å²) in [6, 6.07) is 16.1. The highest BCUT2D eigenvalue weighted by Gasteiger charge is 2.18. The first-order chi connectivity index (χ1) is 16.4. The van der Waals surface area contributed by atoms with Crippen molar-refractivity contribution < 1.29 is 4.79 Å². The predicted octanol–water partition coefficient (Wildman–Crippen LogP) is 6.01. The van der Waals surface area contributed by atoms with Crippen LogP contribution in [0, 0.1) is 20.8 Å². The van der Waals surface area contributed by atoms with E-state index in [1.807, 2.05) is 37.3 Å². The van der Waals surface area contributed by atoms with Gasteiger partial charge in [-0.1, -0.05) is 35.9 Å². The Morgan fingerprint density at radius 2 is 1.71 bits per heavy atom. The van der Waals surface area contributed by atoms with Crippen LogP contribution in [-0.2, 0) is 0 Å². The lowest BCUT2D eigenvalue weighted by molar-refractivity contribution is 0.0952. The van der Waals surface area contributed by atoms with Gasteiger partial charge in [0, 0.05) is 54.8 Å². The first-order valence-electron chi connectivity index (χ1n) is 12.2. The molecule has 0 radical (unpaired) electrons. The summed E-state index contributed by atoms with van der Waals surface area (Å²) < 4.78 is 0. The molecule has 2 heterocycles. The quantitative estimate of drug-likeness (QED) is 0.361. The number of rotatable bonds is 8. The summed E-state index contributed by atoms with van der Waals surface area (Å²) in [5.74, 6) is -0.0175. The molecule has 5 nitrogen and oxygen atoms in total. The smallest absolute Gasteiger partial charge is 0.253 e. The van der Waals surface area contributed by atoms with Crippen molar-refractivity contribution in [1.82, 2.24) is 15.2 Å². The fourth-order valence-electron chi connectivity index (χ4n) is 4.63. The van der Waals surface area contributed by atoms with E-state index in [1.165, 1.54) is 16.8 Å². The van der Waals surface area contributed by atoms with Crippen LogP contribution >= 0.6 is 24.0 Å². The number of aryl methyl sites for hydroxylation is 2. The largest absolute Gasteiger partial charge is 0.369 e. The standard InChI is InChI=1S/C28H35ClN4O.ClH/c1-20-7-6-8-27(21(20)2)33-17-15-32(16-18-33)14-5-4-13-30-28(34)25-19-26(31-22(25)3)23-9-11-24(29)12-10-23;/h6-12,19,31H,4-5,13-18H2,1-3H3,(H,30,34);1H. The molecule has 35 heavy (non-hydrogen) atoms. The first kappa shape index (κ1) is 27.1. The molecule has 4 rings (SSSR count). The lowest BCUT2D eigenvalue weighted by atomic mass is 10.1. The molecule has 0 bridgehead atoms. The maximum absolute atomic E-state index is 12.7. The number of nitrogens with zero attached hydrogens (tertiary/aromatic N) is 2. The lowest BCUT2D eigenvalue weighted by Gasteiger charge is -2.37. The van der Waals surface area contributed by atoms with Gasteiger partial charge in [0.2, 0.25) is 0 Å². The zero-order valence-corrected chi connectivity index (χ0v) is 22.4. The van der Waals surface area contributed by atoms with Gasteiger partial charge in [-0.15, -0.1) is 12.4 Å². The number of unbranched alkanes of at least 4 members (excludes halogenated alkanes) is 1. The molecule has 0 atom stereocenters. The Labute approximate surface area is 220 Å². The van der Waals surface area contributed by atoms with Crippen LogP contribution in [-0.4, -0.2) is 55.1 Å². The molecule has 1 aromatic heterocycles. The summed E-state index contributed by atoms with van der Waals surface area (Å²) in [6.45, 7) is 12.5. The number of nitrogens with one attached hydrogen (secondary N) is 2. The molecule has 7 heteroatoms. The van der Waals surface area contributed by atoms with Crippen molar-refractivity contribution >= 4 is 35.6 Å². The fourth-order valence-corrected chi connectivity index (χ4v) is 4.75. The number of aromatic nitrogens is 1. The molecule has 1 aliphatic heterocycles.